The molecule has 0 aromatic carbocycles. The smallest absolute Gasteiger partial charge is 0.357 e. The topological polar surface area (TPSA) is 106 Å². The van der Waals surface area contributed by atoms with Gasteiger partial charge >= 0.3 is 17.1 Å². The molecule has 9 heterocycles. The van der Waals surface area contributed by atoms with Crippen molar-refractivity contribution in [2.24, 2.45) is 0 Å². The number of hydrogen-bond donors (Lipinski definition) is 0. The van der Waals surface area contributed by atoms with Crippen LogP contribution >= 0.6 is 63.0 Å². The summed E-state index contributed by atoms with van der Waals surface area (Å²) in [7, 11) is 9.43. The van der Waals surface area contributed by atoms with Crippen LogP contribution in [0.2, 0.25) is 0 Å². The Kier molecular flexibility index (Phi) is 13.0. The van der Waals surface area contributed by atoms with Crippen LogP contribution in [0.4, 0.5) is 0 Å². The van der Waals surface area contributed by atoms with E-state index >= 15 is 0 Å². The second-order valence-corrected chi connectivity index (χ2v) is 18.2. The van der Waals surface area contributed by atoms with Gasteiger partial charge in [0.1, 0.15) is 0 Å². The largest absolute Gasteiger partial charge is 2.00 e. The zero-order valence-corrected chi connectivity index (χ0v) is 34.2. The zero-order chi connectivity index (χ0) is 32.2. The van der Waals surface area contributed by atoms with E-state index in [0.717, 1.165) is 43.8 Å². The molecule has 47 heavy (non-hydrogen) atoms. The number of aromatic nitrogens is 8. The fraction of sp³-hybridized carbons (Fsp3) is 0.200. The summed E-state index contributed by atoms with van der Waals surface area (Å²) in [4.78, 5) is 39.8. The average Bonchev–Trinajstić information content (AvgIpc) is 3.87. The molecule has 0 saturated heterocycles. The summed E-state index contributed by atoms with van der Waals surface area (Å²) in [6.07, 6.45) is 0. The molecule has 2 aliphatic rings. The van der Waals surface area contributed by atoms with Gasteiger partial charge in [0.25, 0.3) is 0 Å². The second-order valence-electron chi connectivity index (χ2n) is 8.75. The van der Waals surface area contributed by atoms with Crippen LogP contribution in [0.5, 0.6) is 0 Å². The Balaban J connectivity index is 0.000000589. The quantitative estimate of drug-likeness (QED) is 0.139. The van der Waals surface area contributed by atoms with E-state index in [2.05, 4.69) is 46.4 Å². The number of hydrogen-bond acceptors (Lipinski definition) is 6. The molecular weight excluding hydrogens is 784 g/mol. The Labute approximate surface area is 295 Å². The summed E-state index contributed by atoms with van der Waals surface area (Å²) in [5.74, 6) is 19.9. The molecule has 7 aromatic rings. The minimum Gasteiger partial charge on any atom is -0.357 e. The minimum absolute atomic E-state index is 0. The standard InChI is InChI=1S/C24H8N8P8.3C2H6.Cu/c1-9-10(2-34-33-1)18-25-17(9)29-19-11-3-35-36-4-12(11)21(26-19)31-23-15-7-39-40-8-16(15)24(28-23)32-22-14-6-38-37-5-13(14)20(27-22)30-18;3*1-2;/h1-8H;3*1-2H3;/q-2;;;;+2. The Hall–Kier alpha value is -1.80. The van der Waals surface area contributed by atoms with Gasteiger partial charge in [-0.25, -0.2) is 9.97 Å². The number of fused-ring (bicyclic) bond motifs is 20. The third kappa shape index (κ3) is 6.98. The van der Waals surface area contributed by atoms with Crippen LogP contribution in [-0.4, -0.2) is 29.9 Å². The van der Waals surface area contributed by atoms with Crippen molar-refractivity contribution in [3.05, 3.63) is 46.4 Å². The fourth-order valence-electron chi connectivity index (χ4n) is 4.68. The Bertz CT molecular complexity index is 2060. The van der Waals surface area contributed by atoms with E-state index in [1.165, 1.54) is 63.0 Å². The van der Waals surface area contributed by atoms with Crippen LogP contribution in [0.1, 0.15) is 41.5 Å². The SMILES string of the molecule is CC.CC.CC.[Cu+2].c1ppcc2c1-c1nc-2nc2[n-]c(nc3nc(nc4[n-]c(n1)c1cppcc41)-c1cppcc1-3)c1cppcc21. The average molecular weight is 810 g/mol. The Morgan fingerprint density at radius 2 is 0.553 bits per heavy atom. The molecule has 0 amide bonds. The van der Waals surface area contributed by atoms with Gasteiger partial charge < -0.3 is 29.9 Å². The molecule has 237 valence electrons. The van der Waals surface area contributed by atoms with Crippen molar-refractivity contribution in [1.29, 1.82) is 0 Å². The molecule has 0 fully saturated rings. The Morgan fingerprint density at radius 3 is 0.787 bits per heavy atom. The maximum absolute atomic E-state index is 5.02. The predicted octanol–water partition coefficient (Wildman–Crippen LogP) is 13.8. The zero-order valence-electron chi connectivity index (χ0n) is 26.1. The van der Waals surface area contributed by atoms with Crippen molar-refractivity contribution in [2.45, 2.75) is 41.5 Å². The van der Waals surface area contributed by atoms with E-state index in [4.69, 9.17) is 39.9 Å². The summed E-state index contributed by atoms with van der Waals surface area (Å²) in [6, 6.07) is 0. The third-order valence-corrected chi connectivity index (χ3v) is 14.4. The van der Waals surface area contributed by atoms with Crippen molar-refractivity contribution in [1.82, 2.24) is 39.9 Å². The molecule has 0 saturated carbocycles. The van der Waals surface area contributed by atoms with Gasteiger partial charge in [-0.15, -0.1) is 0 Å². The van der Waals surface area contributed by atoms with Crippen molar-refractivity contribution >= 4 is 107 Å². The number of nitrogens with zero attached hydrogens (tertiary/aromatic N) is 8. The molecule has 0 aliphatic carbocycles. The molecule has 0 unspecified atom stereocenters. The van der Waals surface area contributed by atoms with Crippen LogP contribution in [0, 0.1) is 0 Å². The van der Waals surface area contributed by atoms with Crippen LogP contribution in [-0.2, 0) is 17.1 Å². The monoisotopic (exact) mass is 809 g/mol. The molecule has 2 aliphatic heterocycles. The summed E-state index contributed by atoms with van der Waals surface area (Å²) in [6.45, 7) is 12.0. The first-order valence-electron chi connectivity index (χ1n) is 14.8. The fourth-order valence-corrected chi connectivity index (χ4v) is 12.5. The van der Waals surface area contributed by atoms with Gasteiger partial charge in [-0.2, -0.15) is 0 Å². The van der Waals surface area contributed by atoms with Crippen LogP contribution < -0.4 is 9.97 Å². The summed E-state index contributed by atoms with van der Waals surface area (Å²) in [5, 5.41) is 3.97. The van der Waals surface area contributed by atoms with Crippen LogP contribution in [0.3, 0.4) is 0 Å². The van der Waals surface area contributed by atoms with Crippen molar-refractivity contribution < 1.29 is 17.1 Å². The van der Waals surface area contributed by atoms with Gasteiger partial charge in [-0.05, 0) is 109 Å². The molecule has 9 rings (SSSR count). The molecule has 8 bridgehead atoms. The van der Waals surface area contributed by atoms with Gasteiger partial charge in [-0.3, -0.25) is 0 Å². The molecule has 1 radical (unpaired) electrons. The van der Waals surface area contributed by atoms with Crippen LogP contribution in [0.25, 0.3) is 89.7 Å². The van der Waals surface area contributed by atoms with Crippen molar-refractivity contribution in [3.8, 4) is 45.6 Å². The van der Waals surface area contributed by atoms with Gasteiger partial charge in [0.15, 0.2) is 0 Å². The van der Waals surface area contributed by atoms with Crippen molar-refractivity contribution in [3.63, 3.8) is 0 Å². The van der Waals surface area contributed by atoms with Crippen molar-refractivity contribution in [2.75, 3.05) is 0 Å². The maximum Gasteiger partial charge on any atom is 2.00 e. The first-order valence-corrected chi connectivity index (χ1v) is 25.3. The van der Waals surface area contributed by atoms with Gasteiger partial charge in [-0.1, -0.05) is 41.5 Å². The molecule has 0 N–H and O–H groups in total. The minimum atomic E-state index is 0. The summed E-state index contributed by atoms with van der Waals surface area (Å²) in [5.41, 5.74) is 6.48. The molecule has 17 heteroatoms. The molecule has 0 atom stereocenters. The van der Waals surface area contributed by atoms with E-state index in [9.17, 15) is 0 Å². The normalized spacial score (nSPS) is 12.0. The van der Waals surface area contributed by atoms with E-state index in [1.807, 2.05) is 41.5 Å². The van der Waals surface area contributed by atoms with Gasteiger partial charge in [0.2, 0.25) is 0 Å². The first kappa shape index (κ1) is 36.5. The molecule has 0 spiro atoms. The number of rotatable bonds is 0. The maximum atomic E-state index is 5.02. The van der Waals surface area contributed by atoms with Crippen LogP contribution in [0.15, 0.2) is 46.4 Å². The third-order valence-electron chi connectivity index (χ3n) is 6.54. The van der Waals surface area contributed by atoms with E-state index < -0.39 is 0 Å². The second kappa shape index (κ2) is 16.7. The molecule has 8 nitrogen and oxygen atoms in total. The van der Waals surface area contributed by atoms with E-state index in [-0.39, 0.29) is 17.1 Å². The molecule has 7 aromatic heterocycles. The Morgan fingerprint density at radius 1 is 0.340 bits per heavy atom. The van der Waals surface area contributed by atoms with E-state index in [1.54, 1.807) is 0 Å². The molecular formula is C30H26CuN8P8. The van der Waals surface area contributed by atoms with Gasteiger partial charge in [0.05, 0.1) is 23.3 Å². The predicted molar refractivity (Wildman–Crippen MR) is 208 cm³/mol. The summed E-state index contributed by atoms with van der Waals surface area (Å²) < 4.78 is 0. The summed E-state index contributed by atoms with van der Waals surface area (Å²) >= 11 is 0. The van der Waals surface area contributed by atoms with E-state index in [0.29, 0.717) is 45.9 Å². The first-order chi connectivity index (χ1) is 22.8. The van der Waals surface area contributed by atoms with Gasteiger partial charge in [0, 0.05) is 66.4 Å².